The van der Waals surface area contributed by atoms with Crippen LogP contribution in [0.15, 0.2) is 18.2 Å². The number of amides is 1. The van der Waals surface area contributed by atoms with E-state index in [4.69, 9.17) is 5.73 Å². The van der Waals surface area contributed by atoms with E-state index in [1.165, 1.54) is 11.1 Å². The van der Waals surface area contributed by atoms with Crippen molar-refractivity contribution in [2.45, 2.75) is 33.0 Å². The first kappa shape index (κ1) is 13.1. The van der Waals surface area contributed by atoms with Crippen molar-refractivity contribution in [3.05, 3.63) is 34.9 Å². The minimum Gasteiger partial charge on any atom is -0.353 e. The third-order valence-corrected chi connectivity index (χ3v) is 3.64. The van der Waals surface area contributed by atoms with Gasteiger partial charge in [-0.05, 0) is 30.5 Å². The molecular weight excluding hydrogens is 226 g/mol. The number of hydrogen-bond donors (Lipinski definition) is 2. The number of hydrogen-bond acceptors (Lipinski definition) is 3. The lowest BCUT2D eigenvalue weighted by Crippen LogP contribution is -2.53. The molecule has 1 aliphatic rings. The van der Waals surface area contributed by atoms with E-state index >= 15 is 0 Å². The van der Waals surface area contributed by atoms with Gasteiger partial charge in [-0.2, -0.15) is 0 Å². The van der Waals surface area contributed by atoms with Gasteiger partial charge in [-0.15, -0.1) is 0 Å². The highest BCUT2D eigenvalue weighted by Crippen LogP contribution is 2.16. The van der Waals surface area contributed by atoms with Crippen LogP contribution in [0.25, 0.3) is 0 Å². The van der Waals surface area contributed by atoms with E-state index in [1.54, 1.807) is 0 Å². The molecule has 1 fully saturated rings. The SMILES string of the molecule is Cc1cc(CN)ccc1CN1CCNC(=O)C1C. The van der Waals surface area contributed by atoms with Gasteiger partial charge in [0.25, 0.3) is 0 Å². The highest BCUT2D eigenvalue weighted by molar-refractivity contribution is 5.81. The molecular formula is C14H21N3O. The van der Waals surface area contributed by atoms with Crippen LogP contribution in [0.2, 0.25) is 0 Å². The summed E-state index contributed by atoms with van der Waals surface area (Å²) in [5, 5.41) is 2.88. The number of benzene rings is 1. The van der Waals surface area contributed by atoms with Crippen molar-refractivity contribution >= 4 is 5.91 Å². The van der Waals surface area contributed by atoms with Crippen LogP contribution in [0, 0.1) is 6.92 Å². The lowest BCUT2D eigenvalue weighted by Gasteiger charge is -2.33. The van der Waals surface area contributed by atoms with Gasteiger partial charge in [0.1, 0.15) is 0 Å². The molecule has 3 N–H and O–H groups in total. The van der Waals surface area contributed by atoms with Crippen molar-refractivity contribution in [3.8, 4) is 0 Å². The van der Waals surface area contributed by atoms with Gasteiger partial charge >= 0.3 is 0 Å². The molecule has 0 aliphatic carbocycles. The fourth-order valence-corrected chi connectivity index (χ4v) is 2.33. The highest BCUT2D eigenvalue weighted by atomic mass is 16.2. The zero-order chi connectivity index (χ0) is 13.1. The lowest BCUT2D eigenvalue weighted by atomic mass is 10.0. The summed E-state index contributed by atoms with van der Waals surface area (Å²) in [7, 11) is 0. The second-order valence-electron chi connectivity index (χ2n) is 4.90. The molecule has 1 aromatic rings. The van der Waals surface area contributed by atoms with Crippen LogP contribution in [0.5, 0.6) is 0 Å². The molecule has 1 saturated heterocycles. The molecule has 0 saturated carbocycles. The van der Waals surface area contributed by atoms with Crippen molar-refractivity contribution in [1.82, 2.24) is 10.2 Å². The maximum atomic E-state index is 11.6. The Labute approximate surface area is 108 Å². The van der Waals surface area contributed by atoms with Crippen LogP contribution in [-0.4, -0.2) is 29.9 Å². The van der Waals surface area contributed by atoms with E-state index in [0.29, 0.717) is 6.54 Å². The van der Waals surface area contributed by atoms with E-state index < -0.39 is 0 Å². The first-order valence-corrected chi connectivity index (χ1v) is 6.42. The quantitative estimate of drug-likeness (QED) is 0.829. The van der Waals surface area contributed by atoms with Crippen LogP contribution >= 0.6 is 0 Å². The summed E-state index contributed by atoms with van der Waals surface area (Å²) in [6, 6.07) is 6.27. The van der Waals surface area contributed by atoms with Gasteiger partial charge in [-0.3, -0.25) is 9.69 Å². The molecule has 0 spiro atoms. The summed E-state index contributed by atoms with van der Waals surface area (Å²) in [4.78, 5) is 13.8. The molecule has 4 nitrogen and oxygen atoms in total. The normalized spacial score (nSPS) is 20.8. The van der Waals surface area contributed by atoms with Gasteiger partial charge in [0.2, 0.25) is 5.91 Å². The average molecular weight is 247 g/mol. The Hall–Kier alpha value is -1.39. The molecule has 4 heteroatoms. The number of nitrogens with two attached hydrogens (primary N) is 1. The van der Waals surface area contributed by atoms with E-state index in [0.717, 1.165) is 25.2 Å². The van der Waals surface area contributed by atoms with Crippen LogP contribution in [0.4, 0.5) is 0 Å². The monoisotopic (exact) mass is 247 g/mol. The fraction of sp³-hybridized carbons (Fsp3) is 0.500. The van der Waals surface area contributed by atoms with Crippen molar-refractivity contribution in [1.29, 1.82) is 0 Å². The lowest BCUT2D eigenvalue weighted by molar-refractivity contribution is -0.128. The zero-order valence-corrected chi connectivity index (χ0v) is 11.1. The molecule has 1 unspecified atom stereocenters. The Kier molecular flexibility index (Phi) is 3.99. The second-order valence-corrected chi connectivity index (χ2v) is 4.90. The molecule has 1 heterocycles. The van der Waals surface area contributed by atoms with Gasteiger partial charge < -0.3 is 11.1 Å². The number of rotatable bonds is 3. The third kappa shape index (κ3) is 2.71. The number of carbonyl (C=O) groups excluding carboxylic acids is 1. The van der Waals surface area contributed by atoms with Gasteiger partial charge in [-0.25, -0.2) is 0 Å². The first-order valence-electron chi connectivity index (χ1n) is 6.42. The Balaban J connectivity index is 2.11. The van der Waals surface area contributed by atoms with Crippen molar-refractivity contribution in [2.24, 2.45) is 5.73 Å². The Morgan fingerprint density at radius 3 is 2.94 bits per heavy atom. The molecule has 0 aromatic heterocycles. The molecule has 1 aromatic carbocycles. The minimum atomic E-state index is -0.0488. The molecule has 0 radical (unpaired) electrons. The van der Waals surface area contributed by atoms with Crippen LogP contribution < -0.4 is 11.1 Å². The number of nitrogens with one attached hydrogen (secondary N) is 1. The second kappa shape index (κ2) is 5.50. The summed E-state index contributed by atoms with van der Waals surface area (Å²) in [6.45, 7) is 7.10. The van der Waals surface area contributed by atoms with Crippen LogP contribution in [0.3, 0.4) is 0 Å². The topological polar surface area (TPSA) is 58.4 Å². The third-order valence-electron chi connectivity index (χ3n) is 3.64. The van der Waals surface area contributed by atoms with Crippen LogP contribution in [0.1, 0.15) is 23.6 Å². The predicted molar refractivity (Wildman–Crippen MR) is 72.0 cm³/mol. The van der Waals surface area contributed by atoms with Gasteiger partial charge in [0.05, 0.1) is 6.04 Å². The Morgan fingerprint density at radius 2 is 2.28 bits per heavy atom. The number of nitrogens with zero attached hydrogens (tertiary/aromatic N) is 1. The van der Waals surface area contributed by atoms with E-state index in [2.05, 4.69) is 35.3 Å². The Bertz CT molecular complexity index is 445. The number of piperazine rings is 1. The summed E-state index contributed by atoms with van der Waals surface area (Å²) >= 11 is 0. The van der Waals surface area contributed by atoms with E-state index in [-0.39, 0.29) is 11.9 Å². The van der Waals surface area contributed by atoms with Crippen molar-refractivity contribution in [3.63, 3.8) is 0 Å². The fourth-order valence-electron chi connectivity index (χ4n) is 2.33. The molecule has 1 amide bonds. The summed E-state index contributed by atoms with van der Waals surface area (Å²) < 4.78 is 0. The summed E-state index contributed by atoms with van der Waals surface area (Å²) in [5.74, 6) is 0.123. The van der Waals surface area contributed by atoms with Crippen LogP contribution in [-0.2, 0) is 17.9 Å². The first-order chi connectivity index (χ1) is 8.61. The van der Waals surface area contributed by atoms with E-state index in [9.17, 15) is 4.79 Å². The smallest absolute Gasteiger partial charge is 0.237 e. The van der Waals surface area contributed by atoms with Gasteiger partial charge in [0.15, 0.2) is 0 Å². The molecule has 18 heavy (non-hydrogen) atoms. The minimum absolute atomic E-state index is 0.0488. The summed E-state index contributed by atoms with van der Waals surface area (Å²) in [6.07, 6.45) is 0. The standard InChI is InChI=1S/C14H21N3O/c1-10-7-12(8-15)3-4-13(10)9-17-6-5-16-14(18)11(17)2/h3-4,7,11H,5-6,8-9,15H2,1-2H3,(H,16,18). The van der Waals surface area contributed by atoms with Crippen molar-refractivity contribution < 1.29 is 4.79 Å². The maximum Gasteiger partial charge on any atom is 0.237 e. The zero-order valence-electron chi connectivity index (χ0n) is 11.1. The summed E-state index contributed by atoms with van der Waals surface area (Å²) in [5.41, 5.74) is 9.30. The van der Waals surface area contributed by atoms with Crippen molar-refractivity contribution in [2.75, 3.05) is 13.1 Å². The maximum absolute atomic E-state index is 11.6. The number of carbonyl (C=O) groups is 1. The highest BCUT2D eigenvalue weighted by Gasteiger charge is 2.25. The molecule has 1 aliphatic heterocycles. The Morgan fingerprint density at radius 1 is 1.50 bits per heavy atom. The molecule has 98 valence electrons. The van der Waals surface area contributed by atoms with Gasteiger partial charge in [0, 0.05) is 26.2 Å². The van der Waals surface area contributed by atoms with E-state index in [1.807, 2.05) is 6.92 Å². The molecule has 2 rings (SSSR count). The largest absolute Gasteiger partial charge is 0.353 e. The number of aryl methyl sites for hydroxylation is 1. The molecule has 1 atom stereocenters. The van der Waals surface area contributed by atoms with Gasteiger partial charge in [-0.1, -0.05) is 18.2 Å². The predicted octanol–water partition coefficient (Wildman–Crippen LogP) is 0.774. The molecule has 0 bridgehead atoms. The average Bonchev–Trinajstić information content (AvgIpc) is 2.37.